The SMILES string of the molecule is CC(C)CC(CC(=O)[C@@H]1C2C(CN1C(=O)[C@@H](NC(=O)OC(C)C(C)C)C(C)(C)C)C2(C)C)C(=O)C(=O)CCC(=O)N[C@H](C(=O)N(C)C)c1ccccc1. The molecule has 0 spiro atoms. The number of benzene rings is 1. The molecule has 294 valence electrons. The number of carbonyl (C=O) groups is 7. The van der Waals surface area contributed by atoms with Crippen LogP contribution in [0, 0.1) is 40.4 Å². The van der Waals surface area contributed by atoms with Crippen LogP contribution in [0.1, 0.15) is 107 Å². The van der Waals surface area contributed by atoms with Gasteiger partial charge in [0.2, 0.25) is 23.5 Å². The number of rotatable bonds is 17. The van der Waals surface area contributed by atoms with Gasteiger partial charge in [-0.05, 0) is 53.4 Å². The molecule has 12 heteroatoms. The van der Waals surface area contributed by atoms with Crippen LogP contribution in [0.15, 0.2) is 30.3 Å². The number of carbonyl (C=O) groups excluding carboxylic acids is 7. The maximum Gasteiger partial charge on any atom is 0.408 e. The van der Waals surface area contributed by atoms with E-state index in [4.69, 9.17) is 4.74 Å². The van der Waals surface area contributed by atoms with E-state index in [1.807, 2.05) is 48.5 Å². The lowest BCUT2D eigenvalue weighted by atomic mass is 9.83. The van der Waals surface area contributed by atoms with E-state index in [1.54, 1.807) is 56.3 Å². The van der Waals surface area contributed by atoms with Gasteiger partial charge in [-0.3, -0.25) is 28.8 Å². The van der Waals surface area contributed by atoms with Crippen LogP contribution in [0.3, 0.4) is 0 Å². The van der Waals surface area contributed by atoms with Gasteiger partial charge in [0, 0.05) is 45.8 Å². The minimum absolute atomic E-state index is 0.0170. The first-order chi connectivity index (χ1) is 24.5. The van der Waals surface area contributed by atoms with Gasteiger partial charge in [-0.1, -0.05) is 92.6 Å². The lowest BCUT2D eigenvalue weighted by molar-refractivity contribution is -0.145. The second-order valence-electron chi connectivity index (χ2n) is 17.6. The summed E-state index contributed by atoms with van der Waals surface area (Å²) in [5, 5.41) is 5.47. The van der Waals surface area contributed by atoms with E-state index in [-0.39, 0.29) is 78.5 Å². The summed E-state index contributed by atoms with van der Waals surface area (Å²) in [5.74, 6) is -3.96. The third kappa shape index (κ3) is 10.8. The molecule has 3 rings (SSSR count). The zero-order chi connectivity index (χ0) is 40.2. The molecule has 0 aromatic heterocycles. The molecule has 53 heavy (non-hydrogen) atoms. The van der Waals surface area contributed by atoms with Crippen molar-refractivity contribution in [3.8, 4) is 0 Å². The maximum absolute atomic E-state index is 14.3. The number of nitrogens with one attached hydrogen (secondary N) is 2. The highest BCUT2D eigenvalue weighted by molar-refractivity contribution is 6.38. The van der Waals surface area contributed by atoms with Crippen molar-refractivity contribution in [1.82, 2.24) is 20.4 Å². The summed E-state index contributed by atoms with van der Waals surface area (Å²) in [7, 11) is 3.16. The van der Waals surface area contributed by atoms with E-state index in [0.717, 1.165) is 0 Å². The fraction of sp³-hybridized carbons (Fsp3) is 0.683. The normalized spacial score (nSPS) is 21.2. The molecule has 4 amide bonds. The number of ether oxygens (including phenoxy) is 1. The Bertz CT molecular complexity index is 1530. The number of alkyl carbamates (subject to hydrolysis) is 1. The topological polar surface area (TPSA) is 159 Å². The standard InChI is InChI=1S/C41H62N4O8/c1-23(2)20-27(35(49)29(46)18-19-31(48)42-33(37(50)44(11)12)26-16-14-13-15-17-26)21-30(47)34-32-28(41(32,9)10)22-45(34)38(51)36(40(6,7)8)43-39(52)53-25(5)24(3)4/h13-17,23-25,27-28,32-34,36H,18-22H2,1-12H3,(H,42,48)(H,43,52)/t25?,27?,28?,32?,33-,34+,36+/m0/s1. The van der Waals surface area contributed by atoms with Crippen LogP contribution in [0.2, 0.25) is 0 Å². The van der Waals surface area contributed by atoms with Crippen molar-refractivity contribution >= 4 is 41.2 Å². The molecule has 1 aliphatic carbocycles. The van der Waals surface area contributed by atoms with E-state index < -0.39 is 53.0 Å². The quantitative estimate of drug-likeness (QED) is 0.208. The fourth-order valence-electron chi connectivity index (χ4n) is 7.37. The molecule has 0 bridgehead atoms. The molecule has 1 aromatic rings. The largest absolute Gasteiger partial charge is 0.446 e. The highest BCUT2D eigenvalue weighted by Crippen LogP contribution is 2.65. The van der Waals surface area contributed by atoms with Crippen LogP contribution in [-0.4, -0.2) is 89.8 Å². The zero-order valence-electron chi connectivity index (χ0n) is 33.8. The molecule has 2 N–H and O–H groups in total. The van der Waals surface area contributed by atoms with Gasteiger partial charge in [0.05, 0.1) is 6.04 Å². The number of ketones is 3. The van der Waals surface area contributed by atoms with Crippen molar-refractivity contribution in [1.29, 1.82) is 0 Å². The number of hydrogen-bond donors (Lipinski definition) is 2. The second-order valence-corrected chi connectivity index (χ2v) is 17.6. The number of fused-ring (bicyclic) bond motifs is 1. The lowest BCUT2D eigenvalue weighted by Gasteiger charge is -2.38. The first-order valence-electron chi connectivity index (χ1n) is 18.9. The molecule has 1 saturated heterocycles. The zero-order valence-corrected chi connectivity index (χ0v) is 33.8. The number of hydrogen-bond acceptors (Lipinski definition) is 8. The van der Waals surface area contributed by atoms with E-state index in [9.17, 15) is 33.6 Å². The highest BCUT2D eigenvalue weighted by Gasteiger charge is 2.69. The third-order valence-electron chi connectivity index (χ3n) is 11.0. The minimum atomic E-state index is -0.972. The fourth-order valence-corrected chi connectivity index (χ4v) is 7.37. The monoisotopic (exact) mass is 738 g/mol. The van der Waals surface area contributed by atoms with E-state index in [2.05, 4.69) is 24.5 Å². The van der Waals surface area contributed by atoms with Crippen molar-refractivity contribution in [3.63, 3.8) is 0 Å². The molecule has 2 fully saturated rings. The summed E-state index contributed by atoms with van der Waals surface area (Å²) in [6, 6.07) is 6.02. The highest BCUT2D eigenvalue weighted by atomic mass is 16.6. The number of likely N-dealkylation sites (tertiary alicyclic amines) is 1. The first kappa shape index (κ1) is 43.3. The number of nitrogens with zero attached hydrogens (tertiary/aromatic N) is 2. The average Bonchev–Trinajstić information content (AvgIpc) is 3.37. The van der Waals surface area contributed by atoms with Gasteiger partial charge in [0.25, 0.3) is 0 Å². The van der Waals surface area contributed by atoms with Crippen LogP contribution in [-0.2, 0) is 33.5 Å². The summed E-state index contributed by atoms with van der Waals surface area (Å²) < 4.78 is 5.52. The predicted octanol–water partition coefficient (Wildman–Crippen LogP) is 5.14. The van der Waals surface area contributed by atoms with Gasteiger partial charge < -0.3 is 25.2 Å². The summed E-state index contributed by atoms with van der Waals surface area (Å²) >= 11 is 0. The average molecular weight is 739 g/mol. The smallest absolute Gasteiger partial charge is 0.408 e. The van der Waals surface area contributed by atoms with Crippen molar-refractivity contribution in [2.45, 2.75) is 119 Å². The Labute approximate surface area is 315 Å². The Morgan fingerprint density at radius 3 is 2.06 bits per heavy atom. The van der Waals surface area contributed by atoms with Crippen molar-refractivity contribution < 1.29 is 38.3 Å². The summed E-state index contributed by atoms with van der Waals surface area (Å²) in [6.45, 7) is 19.4. The van der Waals surface area contributed by atoms with E-state index in [1.165, 1.54) is 4.90 Å². The van der Waals surface area contributed by atoms with Crippen LogP contribution < -0.4 is 10.6 Å². The molecular formula is C41H62N4O8. The van der Waals surface area contributed by atoms with Crippen LogP contribution in [0.4, 0.5) is 4.79 Å². The molecule has 1 heterocycles. The van der Waals surface area contributed by atoms with Gasteiger partial charge in [-0.15, -0.1) is 0 Å². The second kappa shape index (κ2) is 17.4. The molecule has 1 aliphatic heterocycles. The first-order valence-corrected chi connectivity index (χ1v) is 18.9. The van der Waals surface area contributed by atoms with E-state index >= 15 is 0 Å². The summed E-state index contributed by atoms with van der Waals surface area (Å²) in [4.78, 5) is 97.2. The third-order valence-corrected chi connectivity index (χ3v) is 11.0. The molecule has 12 nitrogen and oxygen atoms in total. The maximum atomic E-state index is 14.3. The Morgan fingerprint density at radius 1 is 0.925 bits per heavy atom. The van der Waals surface area contributed by atoms with Crippen LogP contribution >= 0.6 is 0 Å². The molecule has 2 aliphatic rings. The molecule has 4 unspecified atom stereocenters. The van der Waals surface area contributed by atoms with E-state index in [0.29, 0.717) is 12.1 Å². The van der Waals surface area contributed by atoms with Gasteiger partial charge in [0.15, 0.2) is 11.6 Å². The Balaban J connectivity index is 1.76. The lowest BCUT2D eigenvalue weighted by Crippen LogP contribution is -2.58. The number of Topliss-reactive ketones (excluding diaryl/α,β-unsaturated/α-hetero) is 3. The predicted molar refractivity (Wildman–Crippen MR) is 201 cm³/mol. The Hall–Kier alpha value is -4.09. The number of amides is 4. The van der Waals surface area contributed by atoms with Gasteiger partial charge in [0.1, 0.15) is 18.2 Å². The summed E-state index contributed by atoms with van der Waals surface area (Å²) in [6.07, 6.45) is -1.70. The molecular weight excluding hydrogens is 676 g/mol. The summed E-state index contributed by atoms with van der Waals surface area (Å²) in [5.41, 5.74) is -0.314. The van der Waals surface area contributed by atoms with Gasteiger partial charge in [-0.25, -0.2) is 4.79 Å². The molecule has 1 saturated carbocycles. The Kier molecular flexibility index (Phi) is 14.2. The Morgan fingerprint density at radius 2 is 1.53 bits per heavy atom. The van der Waals surface area contributed by atoms with Crippen molar-refractivity contribution in [2.24, 2.45) is 40.4 Å². The van der Waals surface area contributed by atoms with Crippen molar-refractivity contribution in [3.05, 3.63) is 35.9 Å². The molecule has 0 radical (unpaired) electrons. The molecule has 7 atom stereocenters. The minimum Gasteiger partial charge on any atom is -0.446 e. The number of likely N-dealkylation sites (N-methyl/N-ethyl adjacent to an activating group) is 1. The van der Waals surface area contributed by atoms with Gasteiger partial charge >= 0.3 is 6.09 Å². The van der Waals surface area contributed by atoms with Crippen LogP contribution in [0.5, 0.6) is 0 Å². The molecule has 1 aromatic carbocycles. The van der Waals surface area contributed by atoms with Crippen molar-refractivity contribution in [2.75, 3.05) is 20.6 Å². The van der Waals surface area contributed by atoms with Crippen LogP contribution in [0.25, 0.3) is 0 Å². The number of piperidine rings is 1. The van der Waals surface area contributed by atoms with Gasteiger partial charge in [-0.2, -0.15) is 0 Å².